The number of carbonyl (C=O) groups excluding carboxylic acids is 1. The third kappa shape index (κ3) is 3.63. The molecule has 0 aliphatic heterocycles. The van der Waals surface area contributed by atoms with Gasteiger partial charge in [0.1, 0.15) is 6.29 Å². The Labute approximate surface area is 98.7 Å². The molecule has 0 aromatic carbocycles. The van der Waals surface area contributed by atoms with Crippen LogP contribution in [-0.4, -0.2) is 25.4 Å². The zero-order valence-electron chi connectivity index (χ0n) is 10.5. The molecule has 0 amide bonds. The second-order valence-corrected chi connectivity index (χ2v) is 4.74. The molecule has 1 rings (SSSR count). The normalized spacial score (nSPS) is 21.1. The minimum atomic E-state index is -0.0522. The summed E-state index contributed by atoms with van der Waals surface area (Å²) < 4.78 is 0. The van der Waals surface area contributed by atoms with Crippen molar-refractivity contribution in [3.8, 4) is 0 Å². The largest absolute Gasteiger partial charge is 0.378 e. The maximum atomic E-state index is 11.1. The molecule has 1 aliphatic rings. The number of nitrogens with one attached hydrogen (secondary N) is 2. The van der Waals surface area contributed by atoms with Gasteiger partial charge in [-0.15, -0.1) is 0 Å². The Hall–Kier alpha value is -0.830. The van der Waals surface area contributed by atoms with E-state index in [-0.39, 0.29) is 12.1 Å². The molecule has 0 heterocycles. The molecule has 1 saturated carbocycles. The standard InChI is InChI=1S/C13H24N2O/c1-10(14-3)11(2)15-13(9-16)12-7-5-4-6-8-12/h9-10,12-15H,2,4-8H2,1,3H3/t10-,13?/m0/s1. The Morgan fingerprint density at radius 1 is 1.38 bits per heavy atom. The van der Waals surface area contributed by atoms with Crippen LogP contribution in [0.15, 0.2) is 12.3 Å². The van der Waals surface area contributed by atoms with Gasteiger partial charge in [-0.2, -0.15) is 0 Å². The molecule has 1 aliphatic carbocycles. The Morgan fingerprint density at radius 3 is 2.50 bits per heavy atom. The molecule has 1 fully saturated rings. The summed E-state index contributed by atoms with van der Waals surface area (Å²) in [6, 6.07) is 0.148. The molecule has 0 saturated heterocycles. The molecule has 0 radical (unpaired) electrons. The Bertz CT molecular complexity index is 234. The first-order valence-corrected chi connectivity index (χ1v) is 6.27. The number of likely N-dealkylation sites (N-methyl/N-ethyl adjacent to an activating group) is 1. The smallest absolute Gasteiger partial charge is 0.142 e. The first-order valence-electron chi connectivity index (χ1n) is 6.27. The minimum absolute atomic E-state index is 0.0522. The van der Waals surface area contributed by atoms with Crippen LogP contribution in [0.2, 0.25) is 0 Å². The summed E-state index contributed by atoms with van der Waals surface area (Å²) in [5.74, 6) is 0.493. The van der Waals surface area contributed by atoms with Crippen molar-refractivity contribution < 1.29 is 4.79 Å². The average Bonchev–Trinajstić information content (AvgIpc) is 2.35. The van der Waals surface area contributed by atoms with Crippen molar-refractivity contribution >= 4 is 6.29 Å². The number of hydrogen-bond acceptors (Lipinski definition) is 3. The maximum Gasteiger partial charge on any atom is 0.142 e. The van der Waals surface area contributed by atoms with E-state index in [0.717, 1.165) is 24.8 Å². The quantitative estimate of drug-likeness (QED) is 0.676. The zero-order valence-corrected chi connectivity index (χ0v) is 10.5. The summed E-state index contributed by atoms with van der Waals surface area (Å²) in [5.41, 5.74) is 0.908. The molecule has 1 unspecified atom stereocenters. The third-order valence-electron chi connectivity index (χ3n) is 3.61. The highest BCUT2D eigenvalue weighted by Gasteiger charge is 2.23. The van der Waals surface area contributed by atoms with Gasteiger partial charge in [-0.05, 0) is 32.7 Å². The first-order chi connectivity index (χ1) is 7.69. The monoisotopic (exact) mass is 224 g/mol. The van der Waals surface area contributed by atoms with Gasteiger partial charge in [0.15, 0.2) is 0 Å². The van der Waals surface area contributed by atoms with Crippen LogP contribution in [0.3, 0.4) is 0 Å². The van der Waals surface area contributed by atoms with Crippen LogP contribution in [0.1, 0.15) is 39.0 Å². The summed E-state index contributed by atoms with van der Waals surface area (Å²) in [6.45, 7) is 6.02. The van der Waals surface area contributed by atoms with Crippen molar-refractivity contribution in [2.24, 2.45) is 5.92 Å². The van der Waals surface area contributed by atoms with E-state index < -0.39 is 0 Å². The van der Waals surface area contributed by atoms with E-state index in [2.05, 4.69) is 17.2 Å². The van der Waals surface area contributed by atoms with E-state index in [4.69, 9.17) is 0 Å². The van der Waals surface area contributed by atoms with Crippen molar-refractivity contribution in [1.82, 2.24) is 10.6 Å². The molecule has 2 N–H and O–H groups in total. The van der Waals surface area contributed by atoms with Gasteiger partial charge in [0.05, 0.1) is 6.04 Å². The van der Waals surface area contributed by atoms with Crippen molar-refractivity contribution in [2.45, 2.75) is 51.1 Å². The number of rotatable bonds is 6. The lowest BCUT2D eigenvalue weighted by molar-refractivity contribution is -0.110. The fourth-order valence-corrected chi connectivity index (χ4v) is 2.27. The van der Waals surface area contributed by atoms with Crippen LogP contribution in [0.5, 0.6) is 0 Å². The van der Waals surface area contributed by atoms with Crippen molar-refractivity contribution in [3.63, 3.8) is 0 Å². The maximum absolute atomic E-state index is 11.1. The van der Waals surface area contributed by atoms with Crippen LogP contribution in [0.4, 0.5) is 0 Å². The van der Waals surface area contributed by atoms with Gasteiger partial charge in [0.2, 0.25) is 0 Å². The molecule has 16 heavy (non-hydrogen) atoms. The number of aldehydes is 1. The van der Waals surface area contributed by atoms with Crippen LogP contribution < -0.4 is 10.6 Å². The molecule has 0 spiro atoms. The van der Waals surface area contributed by atoms with Gasteiger partial charge >= 0.3 is 0 Å². The summed E-state index contributed by atoms with van der Waals surface area (Å²) in [7, 11) is 1.90. The average molecular weight is 224 g/mol. The Morgan fingerprint density at radius 2 is 2.00 bits per heavy atom. The predicted molar refractivity (Wildman–Crippen MR) is 67.2 cm³/mol. The molecule has 0 aromatic rings. The molecular weight excluding hydrogens is 200 g/mol. The van der Waals surface area contributed by atoms with Gasteiger partial charge in [0, 0.05) is 11.7 Å². The van der Waals surface area contributed by atoms with Crippen LogP contribution >= 0.6 is 0 Å². The molecule has 2 atom stereocenters. The molecule has 3 nitrogen and oxygen atoms in total. The van der Waals surface area contributed by atoms with E-state index in [9.17, 15) is 4.79 Å². The van der Waals surface area contributed by atoms with Crippen molar-refractivity contribution in [1.29, 1.82) is 0 Å². The molecule has 0 aromatic heterocycles. The summed E-state index contributed by atoms with van der Waals surface area (Å²) in [4.78, 5) is 11.1. The SMILES string of the molecule is C=C(NC(C=O)C1CCCCC1)[C@H](C)NC. The fraction of sp³-hybridized carbons (Fsp3) is 0.769. The summed E-state index contributed by atoms with van der Waals surface area (Å²) in [6.07, 6.45) is 7.20. The lowest BCUT2D eigenvalue weighted by Crippen LogP contribution is -2.42. The topological polar surface area (TPSA) is 41.1 Å². The second kappa shape index (κ2) is 6.69. The second-order valence-electron chi connectivity index (χ2n) is 4.74. The molecular formula is C13H24N2O. The Kier molecular flexibility index (Phi) is 5.53. The highest BCUT2D eigenvalue weighted by Crippen LogP contribution is 2.26. The first kappa shape index (κ1) is 13.2. The van der Waals surface area contributed by atoms with E-state index in [1.807, 2.05) is 14.0 Å². The fourth-order valence-electron chi connectivity index (χ4n) is 2.27. The van der Waals surface area contributed by atoms with Gasteiger partial charge in [-0.25, -0.2) is 0 Å². The highest BCUT2D eigenvalue weighted by atomic mass is 16.1. The van der Waals surface area contributed by atoms with Gasteiger partial charge < -0.3 is 15.4 Å². The highest BCUT2D eigenvalue weighted by molar-refractivity contribution is 5.58. The lowest BCUT2D eigenvalue weighted by atomic mass is 9.84. The Balaban J connectivity index is 2.47. The van der Waals surface area contributed by atoms with Gasteiger partial charge in [-0.1, -0.05) is 25.8 Å². The number of hydrogen-bond donors (Lipinski definition) is 2. The predicted octanol–water partition coefficient (Wildman–Crippen LogP) is 1.85. The van der Waals surface area contributed by atoms with E-state index in [1.54, 1.807) is 0 Å². The lowest BCUT2D eigenvalue weighted by Gasteiger charge is -2.29. The third-order valence-corrected chi connectivity index (χ3v) is 3.61. The van der Waals surface area contributed by atoms with Gasteiger partial charge in [0.25, 0.3) is 0 Å². The van der Waals surface area contributed by atoms with Crippen LogP contribution in [-0.2, 0) is 4.79 Å². The van der Waals surface area contributed by atoms with Crippen LogP contribution in [0, 0.1) is 5.92 Å². The molecule has 0 bridgehead atoms. The van der Waals surface area contributed by atoms with Crippen molar-refractivity contribution in [3.05, 3.63) is 12.3 Å². The number of carbonyl (C=O) groups is 1. The van der Waals surface area contributed by atoms with E-state index in [0.29, 0.717) is 5.92 Å². The molecule has 3 heteroatoms. The summed E-state index contributed by atoms with van der Waals surface area (Å²) in [5, 5.41) is 6.38. The van der Waals surface area contributed by atoms with Crippen molar-refractivity contribution in [2.75, 3.05) is 7.05 Å². The van der Waals surface area contributed by atoms with E-state index in [1.165, 1.54) is 19.3 Å². The minimum Gasteiger partial charge on any atom is -0.378 e. The molecule has 92 valence electrons. The summed E-state index contributed by atoms with van der Waals surface area (Å²) >= 11 is 0. The van der Waals surface area contributed by atoms with Crippen LogP contribution in [0.25, 0.3) is 0 Å². The van der Waals surface area contributed by atoms with Gasteiger partial charge in [-0.3, -0.25) is 0 Å². The van der Waals surface area contributed by atoms with E-state index >= 15 is 0 Å². The zero-order chi connectivity index (χ0) is 12.0.